The monoisotopic (exact) mass is 286 g/mol. The fraction of sp³-hybridized carbons (Fsp3) is 0.0769. The van der Waals surface area contributed by atoms with Gasteiger partial charge in [-0.15, -0.1) is 5.10 Å². The smallest absolute Gasteiger partial charge is 0.284 e. The lowest BCUT2D eigenvalue weighted by Gasteiger charge is -2.04. The maximum Gasteiger partial charge on any atom is 0.284 e. The van der Waals surface area contributed by atoms with E-state index in [2.05, 4.69) is 15.3 Å². The van der Waals surface area contributed by atoms with E-state index in [9.17, 15) is 4.79 Å². The highest BCUT2D eigenvalue weighted by molar-refractivity contribution is 7.71. The molecular weight excluding hydrogens is 276 g/mol. The highest BCUT2D eigenvalue weighted by atomic mass is 32.1. The van der Waals surface area contributed by atoms with Gasteiger partial charge in [-0.1, -0.05) is 30.3 Å². The van der Waals surface area contributed by atoms with E-state index in [1.165, 1.54) is 10.7 Å². The summed E-state index contributed by atoms with van der Waals surface area (Å²) in [5, 5.41) is 10.7. The second-order valence-electron chi connectivity index (χ2n) is 4.09. The standard InChI is InChI=1S/C13H10N4O2S/c18-12-7-6-10(9-4-2-1-3-5-9)16-17(12)8-11-14-15-13(20)19-11/h1-7H,8H2,(H,15,20). The van der Waals surface area contributed by atoms with Crippen LogP contribution in [0.5, 0.6) is 0 Å². The van der Waals surface area contributed by atoms with Crippen molar-refractivity contribution >= 4 is 12.2 Å². The van der Waals surface area contributed by atoms with E-state index in [0.29, 0.717) is 11.6 Å². The summed E-state index contributed by atoms with van der Waals surface area (Å²) >= 11 is 4.79. The maximum absolute atomic E-state index is 11.8. The molecule has 20 heavy (non-hydrogen) atoms. The first kappa shape index (κ1) is 12.5. The summed E-state index contributed by atoms with van der Waals surface area (Å²) in [5.74, 6) is 0.315. The Morgan fingerprint density at radius 3 is 2.70 bits per heavy atom. The third kappa shape index (κ3) is 2.57. The van der Waals surface area contributed by atoms with Crippen molar-refractivity contribution in [2.75, 3.05) is 0 Å². The van der Waals surface area contributed by atoms with Crippen molar-refractivity contribution in [3.05, 3.63) is 63.5 Å². The van der Waals surface area contributed by atoms with Crippen LogP contribution in [-0.4, -0.2) is 20.0 Å². The zero-order valence-corrected chi connectivity index (χ0v) is 11.1. The number of nitrogens with zero attached hydrogens (tertiary/aromatic N) is 3. The molecule has 1 aromatic carbocycles. The molecule has 0 saturated carbocycles. The third-order valence-corrected chi connectivity index (χ3v) is 2.88. The molecule has 0 spiro atoms. The average Bonchev–Trinajstić information content (AvgIpc) is 2.88. The van der Waals surface area contributed by atoms with Crippen molar-refractivity contribution < 1.29 is 4.42 Å². The van der Waals surface area contributed by atoms with Gasteiger partial charge < -0.3 is 4.42 Å². The number of nitrogens with one attached hydrogen (secondary N) is 1. The summed E-state index contributed by atoms with van der Waals surface area (Å²) in [6.45, 7) is 0.132. The molecule has 0 fully saturated rings. The molecule has 100 valence electrons. The molecule has 2 aromatic heterocycles. The normalized spacial score (nSPS) is 10.6. The van der Waals surface area contributed by atoms with Gasteiger partial charge in [-0.25, -0.2) is 9.78 Å². The molecule has 2 heterocycles. The Balaban J connectivity index is 1.99. The predicted octanol–water partition coefficient (Wildman–Crippen LogP) is 2.00. The quantitative estimate of drug-likeness (QED) is 0.745. The molecule has 6 nitrogen and oxygen atoms in total. The summed E-state index contributed by atoms with van der Waals surface area (Å²) in [4.78, 5) is 12.0. The van der Waals surface area contributed by atoms with E-state index in [-0.39, 0.29) is 16.9 Å². The number of hydrogen-bond donors (Lipinski definition) is 1. The molecule has 3 rings (SSSR count). The van der Waals surface area contributed by atoms with Gasteiger partial charge in [-0.3, -0.25) is 4.79 Å². The van der Waals surface area contributed by atoms with E-state index in [1.54, 1.807) is 6.07 Å². The second kappa shape index (κ2) is 5.22. The van der Waals surface area contributed by atoms with Crippen molar-refractivity contribution in [1.29, 1.82) is 0 Å². The largest absolute Gasteiger partial charge is 0.412 e. The summed E-state index contributed by atoms with van der Waals surface area (Å²) in [5.41, 5.74) is 1.41. The SMILES string of the molecule is O=c1ccc(-c2ccccc2)nn1Cc1n[nH]c(=S)o1. The van der Waals surface area contributed by atoms with Crippen LogP contribution in [0.4, 0.5) is 0 Å². The molecule has 0 saturated heterocycles. The lowest BCUT2D eigenvalue weighted by atomic mass is 10.1. The molecule has 0 amide bonds. The maximum atomic E-state index is 11.8. The van der Waals surface area contributed by atoms with E-state index in [0.717, 1.165) is 5.56 Å². The summed E-state index contributed by atoms with van der Waals surface area (Å²) < 4.78 is 6.42. The zero-order valence-electron chi connectivity index (χ0n) is 10.3. The van der Waals surface area contributed by atoms with Crippen molar-refractivity contribution in [2.45, 2.75) is 6.54 Å². The number of H-pyrrole nitrogens is 1. The zero-order chi connectivity index (χ0) is 13.9. The first-order valence-electron chi connectivity index (χ1n) is 5.90. The molecule has 0 bridgehead atoms. The fourth-order valence-corrected chi connectivity index (χ4v) is 1.92. The molecule has 3 aromatic rings. The summed E-state index contributed by atoms with van der Waals surface area (Å²) in [7, 11) is 0. The Morgan fingerprint density at radius 2 is 2.00 bits per heavy atom. The van der Waals surface area contributed by atoms with Crippen molar-refractivity contribution in [3.63, 3.8) is 0 Å². The van der Waals surface area contributed by atoms with E-state index >= 15 is 0 Å². The first-order valence-corrected chi connectivity index (χ1v) is 6.31. The highest BCUT2D eigenvalue weighted by Gasteiger charge is 2.06. The van der Waals surface area contributed by atoms with Crippen LogP contribution in [0.2, 0.25) is 0 Å². The van der Waals surface area contributed by atoms with Crippen LogP contribution in [0.25, 0.3) is 11.3 Å². The van der Waals surface area contributed by atoms with E-state index in [1.807, 2.05) is 30.3 Å². The molecule has 0 radical (unpaired) electrons. The van der Waals surface area contributed by atoms with Crippen LogP contribution in [0.1, 0.15) is 5.89 Å². The van der Waals surface area contributed by atoms with Gasteiger partial charge in [-0.2, -0.15) is 5.10 Å². The van der Waals surface area contributed by atoms with Gasteiger partial charge in [0.05, 0.1) is 5.69 Å². The number of aromatic amines is 1. The fourth-order valence-electron chi connectivity index (χ4n) is 1.78. The lowest BCUT2D eigenvalue weighted by molar-refractivity contribution is 0.448. The van der Waals surface area contributed by atoms with Crippen LogP contribution in [0.3, 0.4) is 0 Å². The topological polar surface area (TPSA) is 76.7 Å². The van der Waals surface area contributed by atoms with Gasteiger partial charge in [-0.05, 0) is 18.3 Å². The van der Waals surface area contributed by atoms with Crippen molar-refractivity contribution in [3.8, 4) is 11.3 Å². The third-order valence-electron chi connectivity index (χ3n) is 2.70. The highest BCUT2D eigenvalue weighted by Crippen LogP contribution is 2.14. The first-order chi connectivity index (χ1) is 9.72. The average molecular weight is 286 g/mol. The molecule has 0 unspecified atom stereocenters. The Kier molecular flexibility index (Phi) is 3.26. The number of hydrogen-bond acceptors (Lipinski definition) is 5. The Morgan fingerprint density at radius 1 is 1.20 bits per heavy atom. The van der Waals surface area contributed by atoms with Crippen LogP contribution in [0.15, 0.2) is 51.7 Å². The minimum atomic E-state index is -0.228. The molecule has 0 aliphatic carbocycles. The van der Waals surface area contributed by atoms with Crippen molar-refractivity contribution in [2.24, 2.45) is 0 Å². The van der Waals surface area contributed by atoms with Crippen LogP contribution >= 0.6 is 12.2 Å². The minimum absolute atomic E-state index is 0.132. The van der Waals surface area contributed by atoms with Crippen LogP contribution in [0, 0.1) is 4.84 Å². The minimum Gasteiger partial charge on any atom is -0.412 e. The Hall–Kier alpha value is -2.54. The van der Waals surface area contributed by atoms with Crippen molar-refractivity contribution in [1.82, 2.24) is 20.0 Å². The molecule has 7 heteroatoms. The summed E-state index contributed by atoms with van der Waals surface area (Å²) in [6.07, 6.45) is 0. The second-order valence-corrected chi connectivity index (χ2v) is 4.46. The predicted molar refractivity (Wildman–Crippen MR) is 74.7 cm³/mol. The molecule has 1 N–H and O–H groups in total. The van der Waals surface area contributed by atoms with Crippen LogP contribution in [-0.2, 0) is 6.54 Å². The van der Waals surface area contributed by atoms with Gasteiger partial charge >= 0.3 is 0 Å². The van der Waals surface area contributed by atoms with E-state index < -0.39 is 0 Å². The van der Waals surface area contributed by atoms with E-state index in [4.69, 9.17) is 16.6 Å². The molecular formula is C13H10N4O2S. The Bertz CT molecular complexity index is 835. The summed E-state index contributed by atoms with van der Waals surface area (Å²) in [6, 6.07) is 12.8. The van der Waals surface area contributed by atoms with Gasteiger partial charge in [0.2, 0.25) is 5.89 Å². The van der Waals surface area contributed by atoms with Gasteiger partial charge in [0, 0.05) is 11.6 Å². The number of rotatable bonds is 3. The molecule has 0 aliphatic heterocycles. The van der Waals surface area contributed by atoms with Gasteiger partial charge in [0.15, 0.2) is 0 Å². The molecule has 0 atom stereocenters. The van der Waals surface area contributed by atoms with Gasteiger partial charge in [0.1, 0.15) is 6.54 Å². The Labute approximate surface area is 118 Å². The number of benzene rings is 1. The van der Waals surface area contributed by atoms with Gasteiger partial charge in [0.25, 0.3) is 10.4 Å². The lowest BCUT2D eigenvalue weighted by Crippen LogP contribution is -2.23. The van der Waals surface area contributed by atoms with Crippen LogP contribution < -0.4 is 5.56 Å². The number of aromatic nitrogens is 4. The molecule has 0 aliphatic rings.